The molecule has 0 aliphatic rings. The number of anilines is 1. The van der Waals surface area contributed by atoms with E-state index >= 15 is 0 Å². The van der Waals surface area contributed by atoms with Crippen LogP contribution in [0, 0.1) is 0 Å². The van der Waals surface area contributed by atoms with E-state index in [0.29, 0.717) is 31.2 Å². The average molecular weight is 443 g/mol. The lowest BCUT2D eigenvalue weighted by atomic mass is 10.2. The molecule has 2 aromatic rings. The first-order valence-corrected chi connectivity index (χ1v) is 11.3. The number of pyridine rings is 1. The molecular formula is C25H38N4O3. The quantitative estimate of drug-likeness (QED) is 0.538. The van der Waals surface area contributed by atoms with Crippen molar-refractivity contribution in [2.24, 2.45) is 0 Å². The number of aromatic nitrogens is 1. The predicted octanol–water partition coefficient (Wildman–Crippen LogP) is 3.86. The smallest absolute Gasteiger partial charge is 0.260 e. The molecule has 0 bridgehead atoms. The van der Waals surface area contributed by atoms with E-state index in [4.69, 9.17) is 9.47 Å². The molecule has 176 valence electrons. The summed E-state index contributed by atoms with van der Waals surface area (Å²) in [5.74, 6) is 2.16. The standard InChI is InChI=1S/C25H38N4O3/c1-8-31-23-14-20(15-26-16-21-10-9-13-27-25(21)28(6)7)11-12-22(23)32-17-24(30)29(18(2)3)19(4)5/h9-14,18-19,26H,8,15-17H2,1-7H3. The molecule has 0 saturated carbocycles. The molecule has 1 amide bonds. The lowest BCUT2D eigenvalue weighted by molar-refractivity contribution is -0.137. The van der Waals surface area contributed by atoms with Gasteiger partial charge in [0.1, 0.15) is 5.82 Å². The second kappa shape index (κ2) is 12.3. The van der Waals surface area contributed by atoms with Crippen molar-refractivity contribution in [3.63, 3.8) is 0 Å². The zero-order chi connectivity index (χ0) is 23.7. The summed E-state index contributed by atoms with van der Waals surface area (Å²) in [6.45, 7) is 11.9. The highest BCUT2D eigenvalue weighted by Gasteiger charge is 2.21. The van der Waals surface area contributed by atoms with Gasteiger partial charge in [0.05, 0.1) is 6.61 Å². The molecule has 0 radical (unpaired) electrons. The van der Waals surface area contributed by atoms with Gasteiger partial charge in [-0.15, -0.1) is 0 Å². The summed E-state index contributed by atoms with van der Waals surface area (Å²) < 4.78 is 11.6. The van der Waals surface area contributed by atoms with E-state index in [0.717, 1.165) is 16.9 Å². The molecule has 0 saturated heterocycles. The predicted molar refractivity (Wildman–Crippen MR) is 129 cm³/mol. The van der Waals surface area contributed by atoms with Gasteiger partial charge >= 0.3 is 0 Å². The van der Waals surface area contributed by atoms with Crippen LogP contribution in [0.3, 0.4) is 0 Å². The molecule has 0 fully saturated rings. The number of carbonyl (C=O) groups is 1. The van der Waals surface area contributed by atoms with E-state index in [-0.39, 0.29) is 24.6 Å². The molecule has 1 aromatic carbocycles. The van der Waals surface area contributed by atoms with E-state index < -0.39 is 0 Å². The maximum absolute atomic E-state index is 12.6. The first-order valence-electron chi connectivity index (χ1n) is 11.3. The maximum atomic E-state index is 12.6. The summed E-state index contributed by atoms with van der Waals surface area (Å²) in [6.07, 6.45) is 1.80. The van der Waals surface area contributed by atoms with Crippen LogP contribution < -0.4 is 19.7 Å². The van der Waals surface area contributed by atoms with E-state index in [9.17, 15) is 4.79 Å². The van der Waals surface area contributed by atoms with Crippen molar-refractivity contribution in [2.75, 3.05) is 32.2 Å². The Hall–Kier alpha value is -2.80. The normalized spacial score (nSPS) is 11.0. The first-order chi connectivity index (χ1) is 15.2. The molecule has 7 nitrogen and oxygen atoms in total. The number of ether oxygens (including phenoxy) is 2. The number of amides is 1. The second-order valence-corrected chi connectivity index (χ2v) is 8.48. The van der Waals surface area contributed by atoms with Gasteiger partial charge in [-0.1, -0.05) is 12.1 Å². The second-order valence-electron chi connectivity index (χ2n) is 8.48. The van der Waals surface area contributed by atoms with Crippen LogP contribution in [0.15, 0.2) is 36.5 Å². The van der Waals surface area contributed by atoms with Crippen LogP contribution in [0.25, 0.3) is 0 Å². The summed E-state index contributed by atoms with van der Waals surface area (Å²) in [6, 6.07) is 10.1. The fraction of sp³-hybridized carbons (Fsp3) is 0.520. The largest absolute Gasteiger partial charge is 0.490 e. The number of carbonyl (C=O) groups excluding carboxylic acids is 1. The number of hydrogen-bond acceptors (Lipinski definition) is 6. The van der Waals surface area contributed by atoms with Crippen molar-refractivity contribution in [3.05, 3.63) is 47.7 Å². The van der Waals surface area contributed by atoms with Gasteiger partial charge in [0, 0.05) is 51.0 Å². The van der Waals surface area contributed by atoms with E-state index in [1.807, 2.05) is 82.8 Å². The van der Waals surface area contributed by atoms with Gasteiger partial charge in [0.25, 0.3) is 5.91 Å². The Bertz CT molecular complexity index is 860. The van der Waals surface area contributed by atoms with Crippen LogP contribution in [0.1, 0.15) is 45.7 Å². The summed E-state index contributed by atoms with van der Waals surface area (Å²) in [5.41, 5.74) is 2.22. The minimum absolute atomic E-state index is 0.0116. The molecule has 0 atom stereocenters. The highest BCUT2D eigenvalue weighted by Crippen LogP contribution is 2.29. The first kappa shape index (κ1) is 25.5. The molecule has 1 heterocycles. The zero-order valence-corrected chi connectivity index (χ0v) is 20.5. The molecule has 0 unspecified atom stereocenters. The van der Waals surface area contributed by atoms with Crippen LogP contribution in [-0.4, -0.2) is 55.2 Å². The Balaban J connectivity index is 2.02. The molecule has 1 aromatic heterocycles. The Morgan fingerprint density at radius 2 is 1.75 bits per heavy atom. The average Bonchev–Trinajstić information content (AvgIpc) is 2.73. The summed E-state index contributed by atoms with van der Waals surface area (Å²) >= 11 is 0. The Morgan fingerprint density at radius 3 is 2.38 bits per heavy atom. The monoisotopic (exact) mass is 442 g/mol. The van der Waals surface area contributed by atoms with Crippen LogP contribution in [-0.2, 0) is 17.9 Å². The molecule has 2 rings (SSSR count). The Morgan fingerprint density at radius 1 is 1.03 bits per heavy atom. The summed E-state index contributed by atoms with van der Waals surface area (Å²) in [5, 5.41) is 3.47. The molecule has 0 aliphatic heterocycles. The van der Waals surface area contributed by atoms with Gasteiger partial charge in [-0.25, -0.2) is 4.98 Å². The highest BCUT2D eigenvalue weighted by molar-refractivity contribution is 5.78. The van der Waals surface area contributed by atoms with Crippen molar-refractivity contribution in [1.29, 1.82) is 0 Å². The van der Waals surface area contributed by atoms with Gasteiger partial charge in [-0.05, 0) is 58.4 Å². The SMILES string of the molecule is CCOc1cc(CNCc2cccnc2N(C)C)ccc1OCC(=O)N(C(C)C)C(C)C. The highest BCUT2D eigenvalue weighted by atomic mass is 16.5. The minimum Gasteiger partial charge on any atom is -0.490 e. The topological polar surface area (TPSA) is 66.9 Å². The van der Waals surface area contributed by atoms with Crippen molar-refractivity contribution < 1.29 is 14.3 Å². The minimum atomic E-state index is -0.0311. The van der Waals surface area contributed by atoms with Crippen molar-refractivity contribution in [3.8, 4) is 11.5 Å². The molecule has 32 heavy (non-hydrogen) atoms. The van der Waals surface area contributed by atoms with Gasteiger partial charge in [0.2, 0.25) is 0 Å². The summed E-state index contributed by atoms with van der Waals surface area (Å²) in [7, 11) is 3.98. The van der Waals surface area contributed by atoms with Gasteiger partial charge in [-0.3, -0.25) is 4.79 Å². The maximum Gasteiger partial charge on any atom is 0.260 e. The molecule has 7 heteroatoms. The molecule has 0 aliphatic carbocycles. The lowest BCUT2D eigenvalue weighted by Crippen LogP contribution is -2.44. The van der Waals surface area contributed by atoms with Crippen molar-refractivity contribution in [1.82, 2.24) is 15.2 Å². The fourth-order valence-corrected chi connectivity index (χ4v) is 3.75. The molecular weight excluding hydrogens is 404 g/mol. The van der Waals surface area contributed by atoms with Gasteiger partial charge < -0.3 is 24.6 Å². The fourth-order valence-electron chi connectivity index (χ4n) is 3.75. The van der Waals surface area contributed by atoms with Crippen LogP contribution in [0.2, 0.25) is 0 Å². The number of nitrogens with one attached hydrogen (secondary N) is 1. The van der Waals surface area contributed by atoms with E-state index in [1.165, 1.54) is 0 Å². The number of hydrogen-bond donors (Lipinski definition) is 1. The Labute approximate surface area is 192 Å². The third kappa shape index (κ3) is 7.12. The zero-order valence-electron chi connectivity index (χ0n) is 20.5. The van der Waals surface area contributed by atoms with Crippen LogP contribution >= 0.6 is 0 Å². The number of rotatable bonds is 12. The Kier molecular flexibility index (Phi) is 9.78. The van der Waals surface area contributed by atoms with Gasteiger partial charge in [0.15, 0.2) is 18.1 Å². The van der Waals surface area contributed by atoms with E-state index in [1.54, 1.807) is 6.20 Å². The summed E-state index contributed by atoms with van der Waals surface area (Å²) in [4.78, 5) is 20.9. The van der Waals surface area contributed by atoms with Crippen molar-refractivity contribution in [2.45, 2.75) is 59.8 Å². The van der Waals surface area contributed by atoms with Crippen LogP contribution in [0.5, 0.6) is 11.5 Å². The van der Waals surface area contributed by atoms with Crippen LogP contribution in [0.4, 0.5) is 5.82 Å². The van der Waals surface area contributed by atoms with E-state index in [2.05, 4.69) is 16.4 Å². The number of nitrogens with zero attached hydrogens (tertiary/aromatic N) is 3. The van der Waals surface area contributed by atoms with Gasteiger partial charge in [-0.2, -0.15) is 0 Å². The third-order valence-corrected chi connectivity index (χ3v) is 5.00. The molecule has 1 N–H and O–H groups in total. The number of benzene rings is 1. The van der Waals surface area contributed by atoms with Crippen molar-refractivity contribution >= 4 is 11.7 Å². The lowest BCUT2D eigenvalue weighted by Gasteiger charge is -2.30. The molecule has 0 spiro atoms. The third-order valence-electron chi connectivity index (χ3n) is 5.00.